The van der Waals surface area contributed by atoms with E-state index in [1.807, 2.05) is 36.2 Å². The zero-order valence-electron chi connectivity index (χ0n) is 10.6. The third kappa shape index (κ3) is 4.98. The predicted octanol–water partition coefficient (Wildman–Crippen LogP) is 4.84. The van der Waals surface area contributed by atoms with E-state index in [2.05, 4.69) is 41.7 Å². The van der Waals surface area contributed by atoms with Crippen molar-refractivity contribution in [1.29, 1.82) is 0 Å². The highest BCUT2D eigenvalue weighted by Crippen LogP contribution is 2.33. The van der Waals surface area contributed by atoms with Gasteiger partial charge < -0.3 is 9.47 Å². The van der Waals surface area contributed by atoms with E-state index in [1.165, 1.54) is 0 Å². The molecule has 0 saturated carbocycles. The Balaban J connectivity index is 2.75. The van der Waals surface area contributed by atoms with Crippen LogP contribution in [-0.4, -0.2) is 5.79 Å². The lowest BCUT2D eigenvalue weighted by Gasteiger charge is -2.18. The molecule has 3 heteroatoms. The van der Waals surface area contributed by atoms with Crippen LogP contribution in [0.25, 0.3) is 0 Å². The van der Waals surface area contributed by atoms with Gasteiger partial charge in [-0.15, -0.1) is 0 Å². The van der Waals surface area contributed by atoms with Crippen molar-refractivity contribution in [2.75, 3.05) is 0 Å². The average molecular weight is 346 g/mol. The molecule has 1 aliphatic rings. The lowest BCUT2D eigenvalue weighted by Crippen LogP contribution is -2.20. The smallest absolute Gasteiger partial charge is 0.245 e. The molecule has 0 bridgehead atoms. The van der Waals surface area contributed by atoms with Crippen LogP contribution in [0.2, 0.25) is 0 Å². The van der Waals surface area contributed by atoms with Crippen LogP contribution in [0.4, 0.5) is 0 Å². The Labute approximate surface area is 117 Å². The van der Waals surface area contributed by atoms with Crippen LogP contribution >= 0.6 is 22.6 Å². The summed E-state index contributed by atoms with van der Waals surface area (Å²) in [4.78, 5) is 0. The molecule has 0 saturated heterocycles. The number of hydrogen-bond donors (Lipinski definition) is 0. The summed E-state index contributed by atoms with van der Waals surface area (Å²) < 4.78 is 13.5. The molecule has 0 aromatic heterocycles. The Hall–Kier alpha value is -0.710. The van der Waals surface area contributed by atoms with E-state index in [0.29, 0.717) is 0 Å². The highest BCUT2D eigenvalue weighted by atomic mass is 127. The summed E-state index contributed by atoms with van der Waals surface area (Å²) in [6.45, 7) is 5.96. The van der Waals surface area contributed by atoms with Gasteiger partial charge >= 0.3 is 0 Å². The fourth-order valence-corrected chi connectivity index (χ4v) is 1.74. The van der Waals surface area contributed by atoms with Gasteiger partial charge in [0, 0.05) is 20.3 Å². The number of allylic oxidation sites excluding steroid dienone is 5. The zero-order valence-corrected chi connectivity index (χ0v) is 12.7. The molecule has 0 fully saturated rings. The Morgan fingerprint density at radius 2 is 1.94 bits per heavy atom. The van der Waals surface area contributed by atoms with E-state index in [-0.39, 0.29) is 0 Å². The van der Waals surface area contributed by atoms with Gasteiger partial charge in [-0.05, 0) is 16.6 Å². The van der Waals surface area contributed by atoms with Gasteiger partial charge in [0.1, 0.15) is 5.76 Å². The zero-order chi connectivity index (χ0) is 12.7. The van der Waals surface area contributed by atoms with Crippen LogP contribution < -0.4 is 0 Å². The Kier molecular flexibility index (Phi) is 5.82. The lowest BCUT2D eigenvalue weighted by molar-refractivity contribution is -0.121. The Bertz CT molecular complexity index is 362. The first-order valence-corrected chi connectivity index (χ1v) is 7.03. The van der Waals surface area contributed by atoms with E-state index in [1.54, 1.807) is 0 Å². The molecule has 1 rings (SSSR count). The normalized spacial score (nSPS) is 19.5. The summed E-state index contributed by atoms with van der Waals surface area (Å²) in [6.07, 6.45) is 11.9. The first kappa shape index (κ1) is 14.4. The minimum atomic E-state index is -0.552. The molecule has 2 nitrogen and oxygen atoms in total. The molecule has 0 spiro atoms. The van der Waals surface area contributed by atoms with E-state index >= 15 is 0 Å². The maximum absolute atomic E-state index is 5.77. The molecule has 0 amide bonds. The summed E-state index contributed by atoms with van der Waals surface area (Å²) in [6, 6.07) is 0. The fraction of sp³-hybridized carbons (Fsp3) is 0.429. The van der Waals surface area contributed by atoms with Crippen molar-refractivity contribution in [3.8, 4) is 0 Å². The summed E-state index contributed by atoms with van der Waals surface area (Å²) in [5.41, 5.74) is 0. The Morgan fingerprint density at radius 3 is 2.59 bits per heavy atom. The number of hydrogen-bond acceptors (Lipinski definition) is 2. The van der Waals surface area contributed by atoms with Gasteiger partial charge in [0.25, 0.3) is 0 Å². The third-order valence-corrected chi connectivity index (χ3v) is 2.55. The van der Waals surface area contributed by atoms with E-state index in [0.717, 1.165) is 24.4 Å². The van der Waals surface area contributed by atoms with Gasteiger partial charge in [-0.2, -0.15) is 0 Å². The van der Waals surface area contributed by atoms with Crippen molar-refractivity contribution in [3.05, 3.63) is 46.0 Å². The molecule has 0 aromatic rings. The molecule has 0 N–H and O–H groups in total. The summed E-state index contributed by atoms with van der Waals surface area (Å²) >= 11 is 2.18. The maximum atomic E-state index is 5.77. The monoisotopic (exact) mass is 346 g/mol. The maximum Gasteiger partial charge on any atom is 0.245 e. The van der Waals surface area contributed by atoms with Crippen LogP contribution in [0, 0.1) is 0 Å². The number of ether oxygens (including phenoxy) is 2. The van der Waals surface area contributed by atoms with Gasteiger partial charge in [-0.1, -0.05) is 53.8 Å². The molecule has 0 aliphatic carbocycles. The highest BCUT2D eigenvalue weighted by molar-refractivity contribution is 14.1. The van der Waals surface area contributed by atoms with Gasteiger partial charge in [-0.25, -0.2) is 0 Å². The van der Waals surface area contributed by atoms with Gasteiger partial charge in [0.05, 0.1) is 0 Å². The number of halogens is 1. The van der Waals surface area contributed by atoms with Crippen LogP contribution in [0.3, 0.4) is 0 Å². The summed E-state index contributed by atoms with van der Waals surface area (Å²) in [7, 11) is 0. The van der Waals surface area contributed by atoms with E-state index in [4.69, 9.17) is 9.47 Å². The molecule has 1 aliphatic heterocycles. The topological polar surface area (TPSA) is 18.5 Å². The fourth-order valence-electron chi connectivity index (χ4n) is 1.50. The van der Waals surface area contributed by atoms with Crippen molar-refractivity contribution < 1.29 is 9.47 Å². The van der Waals surface area contributed by atoms with E-state index in [9.17, 15) is 0 Å². The van der Waals surface area contributed by atoms with Crippen molar-refractivity contribution in [3.63, 3.8) is 0 Å². The lowest BCUT2D eigenvalue weighted by atomic mass is 10.2. The quantitative estimate of drug-likeness (QED) is 0.403. The second-order valence-electron chi connectivity index (χ2n) is 4.15. The van der Waals surface area contributed by atoms with Crippen molar-refractivity contribution >= 4 is 22.6 Å². The van der Waals surface area contributed by atoms with Gasteiger partial charge in [0.15, 0.2) is 5.76 Å². The largest absolute Gasteiger partial charge is 0.453 e. The average Bonchev–Trinajstić information content (AvgIpc) is 2.54. The van der Waals surface area contributed by atoms with Crippen molar-refractivity contribution in [2.45, 2.75) is 39.4 Å². The van der Waals surface area contributed by atoms with Crippen LogP contribution in [-0.2, 0) is 9.47 Å². The molecule has 94 valence electrons. The Morgan fingerprint density at radius 1 is 1.18 bits per heavy atom. The molecule has 0 radical (unpaired) electrons. The van der Waals surface area contributed by atoms with Crippen molar-refractivity contribution in [2.24, 2.45) is 0 Å². The minimum Gasteiger partial charge on any atom is -0.453 e. The predicted molar refractivity (Wildman–Crippen MR) is 79.6 cm³/mol. The second-order valence-corrected chi connectivity index (χ2v) is 4.87. The molecule has 0 aromatic carbocycles. The second kappa shape index (κ2) is 6.89. The standard InChI is InChI=1S/C14H19IO2/c1-4-5-6-9-12-13(10-7-8-11-15)17-14(2,3)16-12/h5-8,10-11H,4,9H2,1-3H3/b6-5-,10-7+,11-8+. The van der Waals surface area contributed by atoms with Crippen molar-refractivity contribution in [1.82, 2.24) is 0 Å². The van der Waals surface area contributed by atoms with Crippen LogP contribution in [0.15, 0.2) is 46.0 Å². The van der Waals surface area contributed by atoms with E-state index < -0.39 is 5.79 Å². The first-order chi connectivity index (χ1) is 8.09. The van der Waals surface area contributed by atoms with Crippen LogP contribution in [0.5, 0.6) is 0 Å². The third-order valence-electron chi connectivity index (χ3n) is 2.14. The SMILES string of the molecule is CC/C=C\CC1=C(/C=C/C=C/I)OC(C)(C)O1. The summed E-state index contributed by atoms with van der Waals surface area (Å²) in [5.74, 6) is 1.17. The molecular weight excluding hydrogens is 327 g/mol. The first-order valence-electron chi connectivity index (χ1n) is 5.78. The number of rotatable bonds is 5. The summed E-state index contributed by atoms with van der Waals surface area (Å²) in [5, 5.41) is 0. The minimum absolute atomic E-state index is 0.552. The molecule has 0 atom stereocenters. The van der Waals surface area contributed by atoms with Gasteiger partial charge in [0.2, 0.25) is 5.79 Å². The molecule has 1 heterocycles. The molecule has 0 unspecified atom stereocenters. The molecule has 17 heavy (non-hydrogen) atoms. The van der Waals surface area contributed by atoms with Crippen LogP contribution in [0.1, 0.15) is 33.6 Å². The highest BCUT2D eigenvalue weighted by Gasteiger charge is 2.31. The van der Waals surface area contributed by atoms with Gasteiger partial charge in [-0.3, -0.25) is 0 Å². The molecular formula is C14H19IO2.